The van der Waals surface area contributed by atoms with Crippen LogP contribution in [0.25, 0.3) is 0 Å². The fourth-order valence-corrected chi connectivity index (χ4v) is 3.40. The van der Waals surface area contributed by atoms with Crippen LogP contribution in [-0.2, 0) is 11.3 Å². The number of benzene rings is 1. The molecular formula is C16H21N5O2S. The minimum absolute atomic E-state index is 0.147. The van der Waals surface area contributed by atoms with Crippen molar-refractivity contribution >= 4 is 17.7 Å². The summed E-state index contributed by atoms with van der Waals surface area (Å²) < 4.78 is 5.41. The second-order valence-electron chi connectivity index (χ2n) is 5.55. The number of nitrogens with zero attached hydrogens (tertiary/aromatic N) is 4. The molecule has 0 aliphatic carbocycles. The number of aromatic nitrogens is 3. The van der Waals surface area contributed by atoms with Gasteiger partial charge in [0.2, 0.25) is 5.91 Å². The van der Waals surface area contributed by atoms with Gasteiger partial charge >= 0.3 is 0 Å². The highest BCUT2D eigenvalue weighted by molar-refractivity contribution is 7.99. The molecule has 2 aromatic rings. The van der Waals surface area contributed by atoms with E-state index in [0.29, 0.717) is 10.9 Å². The minimum Gasteiger partial charge on any atom is -0.496 e. The molecule has 1 aromatic heterocycles. The van der Waals surface area contributed by atoms with Gasteiger partial charge in [0.1, 0.15) is 12.1 Å². The normalized spacial score (nSPS) is 15.5. The summed E-state index contributed by atoms with van der Waals surface area (Å²) in [5.74, 6) is 1.45. The van der Waals surface area contributed by atoms with Crippen molar-refractivity contribution in [3.63, 3.8) is 0 Å². The number of aromatic amines is 1. The average molecular weight is 347 g/mol. The molecule has 1 saturated heterocycles. The zero-order valence-electron chi connectivity index (χ0n) is 13.6. The molecule has 0 spiro atoms. The third-order valence-electron chi connectivity index (χ3n) is 4.04. The van der Waals surface area contributed by atoms with Gasteiger partial charge in [-0.15, -0.1) is 0 Å². The smallest absolute Gasteiger partial charge is 0.233 e. The predicted octanol–water partition coefficient (Wildman–Crippen LogP) is 1.25. The number of ether oxygens (including phenoxy) is 1. The number of carbonyl (C=O) groups is 1. The summed E-state index contributed by atoms with van der Waals surface area (Å²) in [7, 11) is 1.70. The Kier molecular flexibility index (Phi) is 5.71. The summed E-state index contributed by atoms with van der Waals surface area (Å²) in [6.07, 6.45) is 1.45. The van der Waals surface area contributed by atoms with Crippen molar-refractivity contribution in [1.29, 1.82) is 0 Å². The molecule has 1 aromatic carbocycles. The summed E-state index contributed by atoms with van der Waals surface area (Å²) >= 11 is 1.39. The van der Waals surface area contributed by atoms with Crippen LogP contribution in [0.5, 0.6) is 5.75 Å². The number of hydrogen-bond donors (Lipinski definition) is 1. The number of hydrogen-bond acceptors (Lipinski definition) is 6. The van der Waals surface area contributed by atoms with Gasteiger partial charge in [-0.25, -0.2) is 4.98 Å². The number of carbonyl (C=O) groups excluding carboxylic acids is 1. The second-order valence-corrected chi connectivity index (χ2v) is 6.51. The van der Waals surface area contributed by atoms with Gasteiger partial charge in [0, 0.05) is 38.3 Å². The standard InChI is InChI=1S/C16H21N5O2S/c1-23-14-5-3-2-4-13(14)10-20-6-8-21(9-7-20)15(22)11-24-16-17-12-18-19-16/h2-5,12H,6-11H2,1H3,(H,17,18,19). The van der Waals surface area contributed by atoms with Crippen molar-refractivity contribution in [3.8, 4) is 5.75 Å². The van der Waals surface area contributed by atoms with Crippen molar-refractivity contribution in [1.82, 2.24) is 25.0 Å². The molecule has 0 bridgehead atoms. The van der Waals surface area contributed by atoms with E-state index in [4.69, 9.17) is 4.74 Å². The number of thioether (sulfide) groups is 1. The molecule has 1 aliphatic rings. The van der Waals surface area contributed by atoms with Gasteiger partial charge in [-0.1, -0.05) is 30.0 Å². The topological polar surface area (TPSA) is 74.3 Å². The molecular weight excluding hydrogens is 326 g/mol. The van der Waals surface area contributed by atoms with Crippen LogP contribution in [0, 0.1) is 0 Å². The van der Waals surface area contributed by atoms with Crippen molar-refractivity contribution in [3.05, 3.63) is 36.2 Å². The van der Waals surface area contributed by atoms with Gasteiger partial charge in [0.05, 0.1) is 12.9 Å². The molecule has 0 atom stereocenters. The minimum atomic E-state index is 0.147. The fraction of sp³-hybridized carbons (Fsp3) is 0.438. The third kappa shape index (κ3) is 4.27. The van der Waals surface area contributed by atoms with Crippen LogP contribution in [-0.4, -0.2) is 69.9 Å². The van der Waals surface area contributed by atoms with E-state index < -0.39 is 0 Å². The van der Waals surface area contributed by atoms with E-state index in [0.717, 1.165) is 38.5 Å². The quantitative estimate of drug-likeness (QED) is 0.793. The Morgan fingerprint density at radius 3 is 2.79 bits per heavy atom. The number of piperazine rings is 1. The first-order valence-corrected chi connectivity index (χ1v) is 8.85. The van der Waals surface area contributed by atoms with Crippen molar-refractivity contribution in [2.24, 2.45) is 0 Å². The first-order valence-electron chi connectivity index (χ1n) is 7.86. The van der Waals surface area contributed by atoms with Crippen LogP contribution in [0.2, 0.25) is 0 Å². The maximum absolute atomic E-state index is 12.3. The predicted molar refractivity (Wildman–Crippen MR) is 92.0 cm³/mol. The molecule has 1 fully saturated rings. The van der Waals surface area contributed by atoms with Crippen molar-refractivity contribution in [2.75, 3.05) is 39.0 Å². The van der Waals surface area contributed by atoms with E-state index in [1.807, 2.05) is 23.1 Å². The van der Waals surface area contributed by atoms with E-state index >= 15 is 0 Å². The highest BCUT2D eigenvalue weighted by Gasteiger charge is 2.22. The zero-order chi connectivity index (χ0) is 16.8. The van der Waals surface area contributed by atoms with E-state index in [1.165, 1.54) is 23.7 Å². The molecule has 7 nitrogen and oxygen atoms in total. The third-order valence-corrected chi connectivity index (χ3v) is 4.90. The largest absolute Gasteiger partial charge is 0.496 e. The van der Waals surface area contributed by atoms with E-state index in [2.05, 4.69) is 26.1 Å². The highest BCUT2D eigenvalue weighted by Crippen LogP contribution is 2.20. The van der Waals surface area contributed by atoms with Crippen LogP contribution in [0.15, 0.2) is 35.7 Å². The molecule has 24 heavy (non-hydrogen) atoms. The van der Waals surface area contributed by atoms with Crippen molar-refractivity contribution in [2.45, 2.75) is 11.7 Å². The van der Waals surface area contributed by atoms with Gasteiger partial charge < -0.3 is 9.64 Å². The van der Waals surface area contributed by atoms with E-state index in [1.54, 1.807) is 7.11 Å². The molecule has 0 unspecified atom stereocenters. The molecule has 0 radical (unpaired) electrons. The lowest BCUT2D eigenvalue weighted by Gasteiger charge is -2.34. The SMILES string of the molecule is COc1ccccc1CN1CCN(C(=O)CSc2ncn[nH]2)CC1. The van der Waals surface area contributed by atoms with Crippen LogP contribution >= 0.6 is 11.8 Å². The van der Waals surface area contributed by atoms with Crippen LogP contribution in [0.3, 0.4) is 0 Å². The summed E-state index contributed by atoms with van der Waals surface area (Å²) in [6.45, 7) is 4.10. The lowest BCUT2D eigenvalue weighted by Crippen LogP contribution is -2.48. The number of nitrogens with one attached hydrogen (secondary N) is 1. The fourth-order valence-electron chi connectivity index (χ4n) is 2.72. The summed E-state index contributed by atoms with van der Waals surface area (Å²) in [6, 6.07) is 8.07. The Morgan fingerprint density at radius 1 is 1.29 bits per heavy atom. The Bertz CT molecular complexity index is 656. The zero-order valence-corrected chi connectivity index (χ0v) is 14.5. The molecule has 1 N–H and O–H groups in total. The highest BCUT2D eigenvalue weighted by atomic mass is 32.2. The van der Waals surface area contributed by atoms with Gasteiger partial charge in [-0.3, -0.25) is 14.8 Å². The molecule has 0 saturated carbocycles. The van der Waals surface area contributed by atoms with Gasteiger partial charge in [0.15, 0.2) is 5.16 Å². The Labute approximate surface area is 145 Å². The maximum atomic E-state index is 12.3. The molecule has 128 valence electrons. The first-order chi connectivity index (χ1) is 11.8. The Balaban J connectivity index is 1.46. The van der Waals surface area contributed by atoms with Gasteiger partial charge in [-0.05, 0) is 6.07 Å². The van der Waals surface area contributed by atoms with Gasteiger partial charge in [0.25, 0.3) is 0 Å². The molecule has 2 heterocycles. The average Bonchev–Trinajstić information content (AvgIpc) is 3.14. The Morgan fingerprint density at radius 2 is 2.08 bits per heavy atom. The van der Waals surface area contributed by atoms with E-state index in [9.17, 15) is 4.79 Å². The number of rotatable bonds is 6. The van der Waals surface area contributed by atoms with Crippen LogP contribution < -0.4 is 4.74 Å². The number of amides is 1. The first kappa shape index (κ1) is 16.8. The summed E-state index contributed by atoms with van der Waals surface area (Å²) in [4.78, 5) is 20.5. The molecule has 8 heteroatoms. The second kappa shape index (κ2) is 8.16. The lowest BCUT2D eigenvalue weighted by atomic mass is 10.1. The number of H-pyrrole nitrogens is 1. The lowest BCUT2D eigenvalue weighted by molar-refractivity contribution is -0.130. The molecule has 3 rings (SSSR count). The number of para-hydroxylation sites is 1. The van der Waals surface area contributed by atoms with Crippen molar-refractivity contribution < 1.29 is 9.53 Å². The van der Waals surface area contributed by atoms with Crippen LogP contribution in [0.1, 0.15) is 5.56 Å². The molecule has 1 aliphatic heterocycles. The monoisotopic (exact) mass is 347 g/mol. The summed E-state index contributed by atoms with van der Waals surface area (Å²) in [5.41, 5.74) is 1.18. The summed E-state index contributed by atoms with van der Waals surface area (Å²) in [5, 5.41) is 7.21. The molecule has 1 amide bonds. The van der Waals surface area contributed by atoms with Crippen LogP contribution in [0.4, 0.5) is 0 Å². The Hall–Kier alpha value is -2.06. The van der Waals surface area contributed by atoms with Gasteiger partial charge in [-0.2, -0.15) is 5.10 Å². The maximum Gasteiger partial charge on any atom is 0.233 e. The van der Waals surface area contributed by atoms with E-state index in [-0.39, 0.29) is 5.91 Å². The number of methoxy groups -OCH3 is 1.